The fraction of sp³-hybridized carbons (Fsp3) is 0.222. The second kappa shape index (κ2) is 4.37. The number of para-hydroxylation sites is 1. The lowest BCUT2D eigenvalue weighted by Crippen LogP contribution is -2.02. The van der Waals surface area contributed by atoms with Crippen molar-refractivity contribution in [1.29, 1.82) is 0 Å². The molecule has 1 unspecified atom stereocenters. The van der Waals surface area contributed by atoms with Crippen molar-refractivity contribution < 1.29 is 9.31 Å². The van der Waals surface area contributed by atoms with Gasteiger partial charge in [0.05, 0.1) is 11.6 Å². The summed E-state index contributed by atoms with van der Waals surface area (Å²) in [5.41, 5.74) is -0.0307. The molecule has 0 aliphatic rings. The van der Waals surface area contributed by atoms with Crippen LogP contribution < -0.4 is 0 Å². The lowest BCUT2D eigenvalue weighted by Gasteiger charge is -2.08. The molecular weight excluding hydrogens is 209 g/mol. The van der Waals surface area contributed by atoms with E-state index in [9.17, 15) is 14.5 Å². The van der Waals surface area contributed by atoms with Gasteiger partial charge in [0, 0.05) is 11.5 Å². The fourth-order valence-corrected chi connectivity index (χ4v) is 1.39. The van der Waals surface area contributed by atoms with E-state index in [4.69, 9.17) is 11.6 Å². The molecule has 0 aromatic heterocycles. The van der Waals surface area contributed by atoms with Gasteiger partial charge in [0.15, 0.2) is 0 Å². The Hall–Kier alpha value is -1.16. The normalized spacial score (nSPS) is 12.5. The minimum Gasteiger partial charge on any atom is -0.258 e. The molecule has 0 amide bonds. The molecule has 1 atom stereocenters. The van der Waals surface area contributed by atoms with Gasteiger partial charge < -0.3 is 0 Å². The van der Waals surface area contributed by atoms with E-state index < -0.39 is 17.5 Å². The molecule has 0 aliphatic heterocycles. The fourth-order valence-electron chi connectivity index (χ4n) is 1.14. The molecule has 1 rings (SSSR count). The third-order valence-corrected chi connectivity index (χ3v) is 2.13. The number of alkyl halides is 1. The van der Waals surface area contributed by atoms with Gasteiger partial charge in [-0.1, -0.05) is 23.7 Å². The highest BCUT2D eigenvalue weighted by Crippen LogP contribution is 2.32. The molecule has 3 nitrogen and oxygen atoms in total. The largest absolute Gasteiger partial charge is 0.291 e. The number of halogens is 2. The van der Waals surface area contributed by atoms with Crippen molar-refractivity contribution in [3.63, 3.8) is 0 Å². The molecular formula is C9H8ClFNO2. The average Bonchev–Trinajstić information content (AvgIpc) is 2.15. The number of nitro groups is 1. The minimum atomic E-state index is -0.755. The van der Waals surface area contributed by atoms with E-state index in [1.807, 2.05) is 0 Å². The lowest BCUT2D eigenvalue weighted by molar-refractivity contribution is -0.385. The molecule has 14 heavy (non-hydrogen) atoms. The molecule has 0 aliphatic carbocycles. The Morgan fingerprint density at radius 3 is 2.79 bits per heavy atom. The first-order chi connectivity index (χ1) is 6.57. The topological polar surface area (TPSA) is 43.1 Å². The predicted molar refractivity (Wildman–Crippen MR) is 52.2 cm³/mol. The third-order valence-electron chi connectivity index (χ3n) is 1.83. The Balaban J connectivity index is 3.28. The maximum Gasteiger partial charge on any atom is 0.291 e. The van der Waals surface area contributed by atoms with Crippen LogP contribution in [0.4, 0.5) is 10.1 Å². The van der Waals surface area contributed by atoms with Gasteiger partial charge in [-0.05, 0) is 13.0 Å². The molecule has 75 valence electrons. The number of rotatable bonds is 3. The Kier molecular flexibility index (Phi) is 3.41. The summed E-state index contributed by atoms with van der Waals surface area (Å²) < 4.78 is 12.3. The first kappa shape index (κ1) is 10.9. The van der Waals surface area contributed by atoms with Gasteiger partial charge in [-0.25, -0.2) is 0 Å². The Labute approximate surface area is 85.6 Å². The molecule has 0 spiro atoms. The van der Waals surface area contributed by atoms with E-state index in [-0.39, 0.29) is 16.3 Å². The lowest BCUT2D eigenvalue weighted by atomic mass is 10.0. The smallest absolute Gasteiger partial charge is 0.258 e. The van der Waals surface area contributed by atoms with Gasteiger partial charge in [-0.3, -0.25) is 14.5 Å². The van der Waals surface area contributed by atoms with Gasteiger partial charge in [0.1, 0.15) is 5.02 Å². The van der Waals surface area contributed by atoms with E-state index in [0.29, 0.717) is 0 Å². The summed E-state index contributed by atoms with van der Waals surface area (Å²) in [5, 5.41) is 10.6. The van der Waals surface area contributed by atoms with Crippen molar-refractivity contribution in [1.82, 2.24) is 0 Å². The summed E-state index contributed by atoms with van der Waals surface area (Å²) in [6, 6.07) is 4.40. The molecule has 0 saturated carbocycles. The van der Waals surface area contributed by atoms with Crippen LogP contribution in [0.15, 0.2) is 18.2 Å². The highest BCUT2D eigenvalue weighted by Gasteiger charge is 2.22. The minimum absolute atomic E-state index is 0.00889. The van der Waals surface area contributed by atoms with Crippen LogP contribution in [0.5, 0.6) is 0 Å². The number of hydrogen-bond acceptors (Lipinski definition) is 2. The molecule has 1 aromatic carbocycles. The van der Waals surface area contributed by atoms with Gasteiger partial charge in [0.2, 0.25) is 0 Å². The molecule has 5 heteroatoms. The molecule has 0 bridgehead atoms. The average molecular weight is 217 g/mol. The molecule has 1 radical (unpaired) electrons. The summed E-state index contributed by atoms with van der Waals surface area (Å²) in [6.07, 6.45) is 0. The monoisotopic (exact) mass is 216 g/mol. The molecule has 0 saturated heterocycles. The van der Waals surface area contributed by atoms with Crippen LogP contribution in [0.2, 0.25) is 5.02 Å². The second-order valence-electron chi connectivity index (χ2n) is 2.79. The van der Waals surface area contributed by atoms with Crippen LogP contribution >= 0.6 is 11.6 Å². The van der Waals surface area contributed by atoms with Crippen molar-refractivity contribution >= 4 is 17.3 Å². The van der Waals surface area contributed by atoms with E-state index in [2.05, 4.69) is 6.92 Å². The maximum absolute atomic E-state index is 12.3. The Morgan fingerprint density at radius 1 is 1.64 bits per heavy atom. The van der Waals surface area contributed by atoms with E-state index in [1.165, 1.54) is 12.1 Å². The SMILES string of the molecule is [CH2]C(CF)c1cccc(Cl)c1[N+](=O)[O-]. The van der Waals surface area contributed by atoms with Gasteiger partial charge >= 0.3 is 0 Å². The van der Waals surface area contributed by atoms with Gasteiger partial charge in [-0.15, -0.1) is 0 Å². The van der Waals surface area contributed by atoms with Crippen molar-refractivity contribution in [3.8, 4) is 0 Å². The van der Waals surface area contributed by atoms with Crippen molar-refractivity contribution in [3.05, 3.63) is 45.8 Å². The van der Waals surface area contributed by atoms with Gasteiger partial charge in [0.25, 0.3) is 5.69 Å². The third kappa shape index (κ3) is 2.01. The van der Waals surface area contributed by atoms with Gasteiger partial charge in [-0.2, -0.15) is 0 Å². The first-order valence-electron chi connectivity index (χ1n) is 3.89. The summed E-state index contributed by atoms with van der Waals surface area (Å²) >= 11 is 5.63. The van der Waals surface area contributed by atoms with Crippen molar-refractivity contribution in [2.45, 2.75) is 5.92 Å². The van der Waals surface area contributed by atoms with E-state index in [0.717, 1.165) is 0 Å². The molecule has 0 fully saturated rings. The Bertz CT molecular complexity index is 357. The number of benzene rings is 1. The Morgan fingerprint density at radius 2 is 2.29 bits per heavy atom. The van der Waals surface area contributed by atoms with Crippen LogP contribution in [-0.2, 0) is 0 Å². The summed E-state index contributed by atoms with van der Waals surface area (Å²) in [6.45, 7) is 2.72. The summed E-state index contributed by atoms with van der Waals surface area (Å²) in [4.78, 5) is 10.0. The molecule has 1 aromatic rings. The highest BCUT2D eigenvalue weighted by molar-refractivity contribution is 6.32. The number of nitrogens with zero attached hydrogens (tertiary/aromatic N) is 1. The summed E-state index contributed by atoms with van der Waals surface area (Å²) in [5.74, 6) is -0.755. The zero-order valence-electron chi connectivity index (χ0n) is 7.24. The number of nitro benzene ring substituents is 1. The zero-order chi connectivity index (χ0) is 10.7. The van der Waals surface area contributed by atoms with Crippen LogP contribution in [-0.4, -0.2) is 11.6 Å². The quantitative estimate of drug-likeness (QED) is 0.576. The number of hydrogen-bond donors (Lipinski definition) is 0. The zero-order valence-corrected chi connectivity index (χ0v) is 8.00. The highest BCUT2D eigenvalue weighted by atomic mass is 35.5. The standard InChI is InChI=1S/C9H8ClFNO2/c1-6(5-11)7-3-2-4-8(10)9(7)12(13)14/h2-4,6H,1,5H2. The van der Waals surface area contributed by atoms with Crippen LogP contribution in [0.25, 0.3) is 0 Å². The van der Waals surface area contributed by atoms with Crippen molar-refractivity contribution in [2.24, 2.45) is 0 Å². The summed E-state index contributed by atoms with van der Waals surface area (Å²) in [7, 11) is 0. The van der Waals surface area contributed by atoms with E-state index >= 15 is 0 Å². The van der Waals surface area contributed by atoms with E-state index in [1.54, 1.807) is 6.07 Å². The van der Waals surface area contributed by atoms with Crippen LogP contribution in [0, 0.1) is 17.0 Å². The maximum atomic E-state index is 12.3. The second-order valence-corrected chi connectivity index (χ2v) is 3.19. The predicted octanol–water partition coefficient (Wildman–Crippen LogP) is 3.14. The van der Waals surface area contributed by atoms with Crippen LogP contribution in [0.3, 0.4) is 0 Å². The molecule has 0 N–H and O–H groups in total. The van der Waals surface area contributed by atoms with Crippen LogP contribution in [0.1, 0.15) is 11.5 Å². The van der Waals surface area contributed by atoms with Crippen molar-refractivity contribution in [2.75, 3.05) is 6.67 Å². The first-order valence-corrected chi connectivity index (χ1v) is 4.27. The molecule has 0 heterocycles.